The molecule has 120 valence electrons. The molecule has 0 aliphatic heterocycles. The van der Waals surface area contributed by atoms with Crippen molar-refractivity contribution in [1.82, 2.24) is 19.2 Å². The van der Waals surface area contributed by atoms with E-state index in [9.17, 15) is 9.59 Å². The van der Waals surface area contributed by atoms with Crippen LogP contribution in [-0.2, 0) is 6.54 Å². The maximum atomic E-state index is 12.1. The van der Waals surface area contributed by atoms with Crippen LogP contribution in [0.25, 0.3) is 17.3 Å². The Hall–Kier alpha value is -3.13. The van der Waals surface area contributed by atoms with Gasteiger partial charge in [-0.05, 0) is 24.3 Å². The fourth-order valence-electron chi connectivity index (χ4n) is 2.27. The first-order valence-corrected chi connectivity index (χ1v) is 7.27. The lowest BCUT2D eigenvalue weighted by atomic mass is 10.3. The Morgan fingerprint density at radius 1 is 1.21 bits per heavy atom. The largest absolute Gasteiger partial charge is 0.459 e. The number of nitrogens with zero attached hydrogens (tertiary/aromatic N) is 4. The number of rotatable bonds is 3. The van der Waals surface area contributed by atoms with Crippen LogP contribution < -0.4 is 11.3 Å². The van der Waals surface area contributed by atoms with Crippen molar-refractivity contribution in [3.63, 3.8) is 0 Å². The lowest BCUT2D eigenvalue weighted by Gasteiger charge is -2.03. The second-order valence-electron chi connectivity index (χ2n) is 4.97. The van der Waals surface area contributed by atoms with Crippen LogP contribution in [0.3, 0.4) is 0 Å². The van der Waals surface area contributed by atoms with E-state index < -0.39 is 5.76 Å². The Labute approximate surface area is 138 Å². The minimum Gasteiger partial charge on any atom is -0.459 e. The number of aromatic nitrogens is 4. The van der Waals surface area contributed by atoms with Gasteiger partial charge in [0.25, 0.3) is 11.4 Å². The minimum atomic E-state index is -0.667. The first kappa shape index (κ1) is 14.5. The number of fused-ring (bicyclic) bond motifs is 1. The fourth-order valence-corrected chi connectivity index (χ4v) is 2.43. The molecule has 8 nitrogen and oxygen atoms in total. The van der Waals surface area contributed by atoms with Gasteiger partial charge in [-0.15, -0.1) is 5.10 Å². The van der Waals surface area contributed by atoms with Crippen LogP contribution in [0.1, 0.15) is 5.69 Å². The van der Waals surface area contributed by atoms with Gasteiger partial charge in [0.1, 0.15) is 5.65 Å². The van der Waals surface area contributed by atoms with Gasteiger partial charge in [-0.25, -0.2) is 9.78 Å². The van der Waals surface area contributed by atoms with Crippen LogP contribution in [0.2, 0.25) is 5.02 Å². The third-order valence-electron chi connectivity index (χ3n) is 3.33. The molecule has 0 atom stereocenters. The van der Waals surface area contributed by atoms with E-state index in [1.54, 1.807) is 24.3 Å². The van der Waals surface area contributed by atoms with Gasteiger partial charge >= 0.3 is 5.76 Å². The molecule has 9 heteroatoms. The van der Waals surface area contributed by atoms with E-state index in [-0.39, 0.29) is 18.0 Å². The third-order valence-corrected chi connectivity index (χ3v) is 3.55. The Kier molecular flexibility index (Phi) is 3.31. The third kappa shape index (κ3) is 2.52. The van der Waals surface area contributed by atoms with E-state index in [4.69, 9.17) is 20.4 Å². The molecule has 0 saturated heterocycles. The molecule has 0 saturated carbocycles. The molecule has 0 fully saturated rings. The van der Waals surface area contributed by atoms with Crippen LogP contribution in [0.5, 0.6) is 0 Å². The van der Waals surface area contributed by atoms with Gasteiger partial charge < -0.3 is 8.83 Å². The van der Waals surface area contributed by atoms with Crippen molar-refractivity contribution in [2.45, 2.75) is 6.54 Å². The van der Waals surface area contributed by atoms with Crippen molar-refractivity contribution in [1.29, 1.82) is 0 Å². The molecular weight excluding hydrogens is 336 g/mol. The Balaban J connectivity index is 1.74. The van der Waals surface area contributed by atoms with Gasteiger partial charge in [0, 0.05) is 12.3 Å². The SMILES string of the molecule is O=c1oc(-c2ccco2)nn1Cc1cc(=O)n2cc(Cl)ccc2n1. The number of hydrogen-bond donors (Lipinski definition) is 0. The van der Waals surface area contributed by atoms with E-state index in [1.165, 1.54) is 22.9 Å². The van der Waals surface area contributed by atoms with Crippen molar-refractivity contribution in [2.75, 3.05) is 0 Å². The summed E-state index contributed by atoms with van der Waals surface area (Å²) < 4.78 is 12.6. The predicted molar refractivity (Wildman–Crippen MR) is 84.0 cm³/mol. The summed E-state index contributed by atoms with van der Waals surface area (Å²) in [4.78, 5) is 28.4. The average Bonchev–Trinajstić information content (AvgIpc) is 3.19. The zero-order chi connectivity index (χ0) is 16.7. The Morgan fingerprint density at radius 3 is 2.88 bits per heavy atom. The molecule has 4 aromatic heterocycles. The smallest absolute Gasteiger partial charge is 0.437 e. The molecule has 24 heavy (non-hydrogen) atoms. The van der Waals surface area contributed by atoms with Gasteiger partial charge in [0.2, 0.25) is 0 Å². The lowest BCUT2D eigenvalue weighted by Crippen LogP contribution is -2.21. The summed E-state index contributed by atoms with van der Waals surface area (Å²) in [6.45, 7) is -0.00257. The fraction of sp³-hybridized carbons (Fsp3) is 0.0667. The molecular formula is C15H9ClN4O4. The summed E-state index contributed by atoms with van der Waals surface area (Å²) in [5, 5.41) is 4.47. The number of hydrogen-bond acceptors (Lipinski definition) is 6. The first-order chi connectivity index (χ1) is 11.6. The minimum absolute atomic E-state index is 0.00257. The van der Waals surface area contributed by atoms with Gasteiger partial charge in [-0.3, -0.25) is 9.20 Å². The van der Waals surface area contributed by atoms with Crippen LogP contribution in [0, 0.1) is 0 Å². The molecule has 4 heterocycles. The molecule has 0 aliphatic rings. The number of pyridine rings is 1. The molecule has 0 amide bonds. The maximum Gasteiger partial charge on any atom is 0.437 e. The van der Waals surface area contributed by atoms with Gasteiger partial charge in [0.15, 0.2) is 5.76 Å². The second kappa shape index (κ2) is 5.50. The van der Waals surface area contributed by atoms with Crippen LogP contribution in [-0.4, -0.2) is 19.2 Å². The van der Waals surface area contributed by atoms with E-state index in [1.807, 2.05) is 0 Å². The highest BCUT2D eigenvalue weighted by molar-refractivity contribution is 6.30. The Morgan fingerprint density at radius 2 is 2.08 bits per heavy atom. The van der Waals surface area contributed by atoms with E-state index in [2.05, 4.69) is 10.1 Å². The molecule has 0 bridgehead atoms. The van der Waals surface area contributed by atoms with Crippen molar-refractivity contribution >= 4 is 17.2 Å². The zero-order valence-electron chi connectivity index (χ0n) is 12.0. The van der Waals surface area contributed by atoms with E-state index in [0.717, 1.165) is 4.68 Å². The summed E-state index contributed by atoms with van der Waals surface area (Å²) in [6, 6.07) is 7.85. The van der Waals surface area contributed by atoms with E-state index in [0.29, 0.717) is 22.1 Å². The maximum absolute atomic E-state index is 12.1. The van der Waals surface area contributed by atoms with Crippen LogP contribution in [0.15, 0.2) is 61.2 Å². The highest BCUT2D eigenvalue weighted by atomic mass is 35.5. The highest BCUT2D eigenvalue weighted by Gasteiger charge is 2.14. The molecule has 0 radical (unpaired) electrons. The predicted octanol–water partition coefficient (Wildman–Crippen LogP) is 1.81. The molecule has 0 N–H and O–H groups in total. The molecule has 0 spiro atoms. The van der Waals surface area contributed by atoms with Crippen molar-refractivity contribution in [2.24, 2.45) is 0 Å². The zero-order valence-corrected chi connectivity index (χ0v) is 12.8. The lowest BCUT2D eigenvalue weighted by molar-refractivity contribution is 0.475. The molecule has 4 rings (SSSR count). The van der Waals surface area contributed by atoms with Crippen molar-refractivity contribution < 1.29 is 8.83 Å². The summed E-state index contributed by atoms with van der Waals surface area (Å²) in [7, 11) is 0. The van der Waals surface area contributed by atoms with Crippen molar-refractivity contribution in [3.8, 4) is 11.7 Å². The second-order valence-corrected chi connectivity index (χ2v) is 5.41. The number of furan rings is 1. The average molecular weight is 345 g/mol. The highest BCUT2D eigenvalue weighted by Crippen LogP contribution is 2.15. The topological polar surface area (TPSA) is 95.5 Å². The normalized spacial score (nSPS) is 11.2. The first-order valence-electron chi connectivity index (χ1n) is 6.90. The monoisotopic (exact) mass is 344 g/mol. The molecule has 0 aromatic carbocycles. The van der Waals surface area contributed by atoms with Gasteiger partial charge in [-0.2, -0.15) is 4.68 Å². The van der Waals surface area contributed by atoms with Gasteiger partial charge in [0.05, 0.1) is 23.5 Å². The van der Waals surface area contributed by atoms with E-state index >= 15 is 0 Å². The molecule has 4 aromatic rings. The summed E-state index contributed by atoms with van der Waals surface area (Å²) in [5.41, 5.74) is 0.494. The van der Waals surface area contributed by atoms with Crippen LogP contribution in [0.4, 0.5) is 0 Å². The Bertz CT molecular complexity index is 1140. The molecule has 0 unspecified atom stereocenters. The summed E-state index contributed by atoms with van der Waals surface area (Å²) in [6.07, 6.45) is 2.93. The summed E-state index contributed by atoms with van der Waals surface area (Å²) >= 11 is 5.87. The van der Waals surface area contributed by atoms with Gasteiger partial charge in [-0.1, -0.05) is 11.6 Å². The quantitative estimate of drug-likeness (QED) is 0.562. The van der Waals surface area contributed by atoms with Crippen LogP contribution >= 0.6 is 11.6 Å². The molecule has 0 aliphatic carbocycles. The summed E-state index contributed by atoms with van der Waals surface area (Å²) in [5.74, 6) is -0.263. The number of halogens is 1. The standard InChI is InChI=1S/C15H9ClN4O4/c16-9-3-4-12-17-10(6-13(21)19(12)7-9)8-20-15(22)24-14(18-20)11-2-1-5-23-11/h1-7H,8H2. The van der Waals surface area contributed by atoms with Crippen molar-refractivity contribution in [3.05, 3.63) is 74.4 Å².